The molecule has 1 N–H and O–H groups in total. The highest BCUT2D eigenvalue weighted by molar-refractivity contribution is 7.92. The summed E-state index contributed by atoms with van der Waals surface area (Å²) in [5, 5.41) is 2.90. The number of nitrogens with one attached hydrogen (secondary N) is 1. The van der Waals surface area contributed by atoms with E-state index in [2.05, 4.69) is 5.32 Å². The van der Waals surface area contributed by atoms with Gasteiger partial charge >= 0.3 is 0 Å². The van der Waals surface area contributed by atoms with Gasteiger partial charge in [0.05, 0.1) is 28.7 Å². The summed E-state index contributed by atoms with van der Waals surface area (Å²) in [6.45, 7) is 1.84. The van der Waals surface area contributed by atoms with Crippen LogP contribution >= 0.6 is 0 Å². The topological polar surface area (TPSA) is 66.5 Å². The van der Waals surface area contributed by atoms with Crippen LogP contribution in [-0.4, -0.2) is 14.3 Å². The molecular formula is C28H25FN2O3S. The van der Waals surface area contributed by atoms with Gasteiger partial charge in [0.15, 0.2) is 0 Å². The van der Waals surface area contributed by atoms with Crippen molar-refractivity contribution in [3.05, 3.63) is 132 Å². The molecule has 0 aliphatic rings. The Balaban J connectivity index is 1.73. The highest BCUT2D eigenvalue weighted by Crippen LogP contribution is 2.29. The molecule has 4 aromatic carbocycles. The summed E-state index contributed by atoms with van der Waals surface area (Å²) in [6, 6.07) is 29.4. The van der Waals surface area contributed by atoms with Gasteiger partial charge in [0.25, 0.3) is 15.9 Å². The number of benzene rings is 4. The van der Waals surface area contributed by atoms with E-state index in [0.29, 0.717) is 0 Å². The fourth-order valence-electron chi connectivity index (χ4n) is 3.76. The standard InChI is InChI=1S/C28H25FN2O3S/c1-21(23-16-18-24(29)19-17-23)30-28(32)26-14-8-9-15-27(26)31(20-22-10-4-2-5-11-22)35(33,34)25-12-6-3-7-13-25/h2-19,21H,20H2,1H3,(H,30,32)/t21-/m0/s1. The molecule has 0 spiro atoms. The molecule has 0 aliphatic heterocycles. The van der Waals surface area contributed by atoms with E-state index in [1.54, 1.807) is 61.5 Å². The van der Waals surface area contributed by atoms with E-state index in [1.165, 1.54) is 28.6 Å². The van der Waals surface area contributed by atoms with Crippen LogP contribution in [0.1, 0.15) is 34.5 Å². The number of carbonyl (C=O) groups excluding carboxylic acids is 1. The molecule has 0 aromatic heterocycles. The van der Waals surface area contributed by atoms with Gasteiger partial charge in [0.2, 0.25) is 0 Å². The second-order valence-corrected chi connectivity index (χ2v) is 9.94. The third-order valence-corrected chi connectivity index (χ3v) is 7.41. The summed E-state index contributed by atoms with van der Waals surface area (Å²) in [6.07, 6.45) is 0. The van der Waals surface area contributed by atoms with Gasteiger partial charge < -0.3 is 5.32 Å². The molecular weight excluding hydrogens is 463 g/mol. The van der Waals surface area contributed by atoms with Crippen LogP contribution < -0.4 is 9.62 Å². The van der Waals surface area contributed by atoms with E-state index in [4.69, 9.17) is 0 Å². The lowest BCUT2D eigenvalue weighted by Gasteiger charge is -2.27. The van der Waals surface area contributed by atoms with E-state index in [0.717, 1.165) is 11.1 Å². The van der Waals surface area contributed by atoms with Crippen molar-refractivity contribution in [2.24, 2.45) is 0 Å². The predicted molar refractivity (Wildman–Crippen MR) is 135 cm³/mol. The molecule has 1 atom stereocenters. The molecule has 4 aromatic rings. The maximum atomic E-state index is 13.7. The molecule has 1 amide bonds. The number of carbonyl (C=O) groups is 1. The van der Waals surface area contributed by atoms with Crippen molar-refractivity contribution in [1.82, 2.24) is 5.32 Å². The Morgan fingerprint density at radius 1 is 0.829 bits per heavy atom. The first-order chi connectivity index (χ1) is 16.9. The number of nitrogens with zero attached hydrogens (tertiary/aromatic N) is 1. The van der Waals surface area contributed by atoms with Crippen molar-refractivity contribution in [3.8, 4) is 0 Å². The van der Waals surface area contributed by atoms with Gasteiger partial charge in [0.1, 0.15) is 5.82 Å². The first-order valence-electron chi connectivity index (χ1n) is 11.1. The minimum atomic E-state index is -3.98. The number of hydrogen-bond acceptors (Lipinski definition) is 3. The first-order valence-corrected chi connectivity index (χ1v) is 12.6. The molecule has 0 bridgehead atoms. The zero-order chi connectivity index (χ0) is 24.8. The summed E-state index contributed by atoms with van der Waals surface area (Å²) in [4.78, 5) is 13.5. The second-order valence-electron chi connectivity index (χ2n) is 8.07. The van der Waals surface area contributed by atoms with E-state index in [9.17, 15) is 17.6 Å². The van der Waals surface area contributed by atoms with Gasteiger partial charge in [-0.25, -0.2) is 12.8 Å². The predicted octanol–water partition coefficient (Wildman–Crippen LogP) is 5.71. The normalized spacial score (nSPS) is 12.1. The Morgan fingerprint density at radius 2 is 1.40 bits per heavy atom. The molecule has 0 fully saturated rings. The Morgan fingerprint density at radius 3 is 2.06 bits per heavy atom. The Kier molecular flexibility index (Phi) is 7.27. The summed E-state index contributed by atoms with van der Waals surface area (Å²) >= 11 is 0. The number of amides is 1. The average molecular weight is 489 g/mol. The molecule has 5 nitrogen and oxygen atoms in total. The van der Waals surface area contributed by atoms with Crippen molar-refractivity contribution >= 4 is 21.6 Å². The lowest BCUT2D eigenvalue weighted by atomic mass is 10.1. The maximum absolute atomic E-state index is 13.7. The fraction of sp³-hybridized carbons (Fsp3) is 0.107. The van der Waals surface area contributed by atoms with Crippen molar-refractivity contribution in [1.29, 1.82) is 0 Å². The van der Waals surface area contributed by atoms with Gasteiger partial charge in [-0.1, -0.05) is 72.8 Å². The largest absolute Gasteiger partial charge is 0.345 e. The highest BCUT2D eigenvalue weighted by Gasteiger charge is 2.28. The van der Waals surface area contributed by atoms with Crippen LogP contribution in [0.25, 0.3) is 0 Å². The van der Waals surface area contributed by atoms with Crippen molar-refractivity contribution in [2.45, 2.75) is 24.4 Å². The second kappa shape index (κ2) is 10.5. The van der Waals surface area contributed by atoms with E-state index < -0.39 is 22.0 Å². The van der Waals surface area contributed by atoms with Crippen LogP contribution in [0.4, 0.5) is 10.1 Å². The first kappa shape index (κ1) is 24.2. The minimum absolute atomic E-state index is 0.0515. The van der Waals surface area contributed by atoms with Crippen molar-refractivity contribution in [2.75, 3.05) is 4.31 Å². The number of halogens is 1. The number of para-hydroxylation sites is 1. The van der Waals surface area contributed by atoms with E-state index in [1.807, 2.05) is 30.3 Å². The van der Waals surface area contributed by atoms with Gasteiger partial charge in [-0.05, 0) is 54.4 Å². The number of sulfonamides is 1. The van der Waals surface area contributed by atoms with Crippen LogP contribution in [0.2, 0.25) is 0 Å². The lowest BCUT2D eigenvalue weighted by molar-refractivity contribution is 0.0940. The third kappa shape index (κ3) is 5.58. The minimum Gasteiger partial charge on any atom is -0.345 e. The SMILES string of the molecule is C[C@H](NC(=O)c1ccccc1N(Cc1ccccc1)S(=O)(=O)c1ccccc1)c1ccc(F)cc1. The molecule has 0 saturated heterocycles. The number of anilines is 1. The van der Waals surface area contributed by atoms with E-state index in [-0.39, 0.29) is 28.5 Å². The van der Waals surface area contributed by atoms with Crippen LogP contribution in [0.5, 0.6) is 0 Å². The molecule has 0 aliphatic carbocycles. The third-order valence-electron chi connectivity index (χ3n) is 5.64. The average Bonchev–Trinajstić information content (AvgIpc) is 2.88. The molecule has 0 saturated carbocycles. The smallest absolute Gasteiger partial charge is 0.264 e. The zero-order valence-corrected chi connectivity index (χ0v) is 20.0. The lowest BCUT2D eigenvalue weighted by Crippen LogP contribution is -2.34. The molecule has 4 rings (SSSR count). The number of hydrogen-bond donors (Lipinski definition) is 1. The zero-order valence-electron chi connectivity index (χ0n) is 19.1. The molecule has 7 heteroatoms. The summed E-state index contributed by atoms with van der Waals surface area (Å²) in [5.74, 6) is -0.793. The fourth-order valence-corrected chi connectivity index (χ4v) is 5.25. The van der Waals surface area contributed by atoms with Gasteiger partial charge in [-0.15, -0.1) is 0 Å². The highest BCUT2D eigenvalue weighted by atomic mass is 32.2. The monoisotopic (exact) mass is 488 g/mol. The maximum Gasteiger partial charge on any atom is 0.264 e. The molecule has 0 unspecified atom stereocenters. The van der Waals surface area contributed by atoms with E-state index >= 15 is 0 Å². The number of rotatable bonds is 8. The summed E-state index contributed by atoms with van der Waals surface area (Å²) < 4.78 is 42.1. The molecule has 35 heavy (non-hydrogen) atoms. The summed E-state index contributed by atoms with van der Waals surface area (Å²) in [5.41, 5.74) is 2.00. The molecule has 0 heterocycles. The summed E-state index contributed by atoms with van der Waals surface area (Å²) in [7, 11) is -3.98. The Bertz CT molecular complexity index is 1390. The van der Waals surface area contributed by atoms with Crippen LogP contribution in [0.15, 0.2) is 114 Å². The molecule has 0 radical (unpaired) electrons. The van der Waals surface area contributed by atoms with Crippen LogP contribution in [0, 0.1) is 5.82 Å². The van der Waals surface area contributed by atoms with Crippen molar-refractivity contribution < 1.29 is 17.6 Å². The van der Waals surface area contributed by atoms with Gasteiger partial charge in [0, 0.05) is 0 Å². The van der Waals surface area contributed by atoms with Crippen LogP contribution in [-0.2, 0) is 16.6 Å². The Hall–Kier alpha value is -3.97. The molecule has 178 valence electrons. The van der Waals surface area contributed by atoms with Gasteiger partial charge in [-0.3, -0.25) is 9.10 Å². The Labute approximate surface area is 204 Å². The quantitative estimate of drug-likeness (QED) is 0.345. The van der Waals surface area contributed by atoms with Crippen molar-refractivity contribution in [3.63, 3.8) is 0 Å². The van der Waals surface area contributed by atoms with Crippen LogP contribution in [0.3, 0.4) is 0 Å². The van der Waals surface area contributed by atoms with Gasteiger partial charge in [-0.2, -0.15) is 0 Å².